The van der Waals surface area contributed by atoms with Crippen LogP contribution < -0.4 is 0 Å². The molecule has 0 aliphatic heterocycles. The van der Waals surface area contributed by atoms with Crippen LogP contribution in [0.4, 0.5) is 0 Å². The standard InChI is InChI=1S/C15H27NO/c1-3-5-7-11-15(14-10-9-12-16-14)17-13-8-6-4-2/h9-10,12,15-16H,3-8,11,13H2,1-2H3. The summed E-state index contributed by atoms with van der Waals surface area (Å²) in [7, 11) is 0. The maximum Gasteiger partial charge on any atom is 0.0972 e. The highest BCUT2D eigenvalue weighted by molar-refractivity contribution is 5.07. The Morgan fingerprint density at radius 2 is 1.88 bits per heavy atom. The van der Waals surface area contributed by atoms with Gasteiger partial charge in [0, 0.05) is 18.5 Å². The fraction of sp³-hybridized carbons (Fsp3) is 0.733. The maximum atomic E-state index is 6.00. The highest BCUT2D eigenvalue weighted by Gasteiger charge is 2.11. The quantitative estimate of drug-likeness (QED) is 0.578. The summed E-state index contributed by atoms with van der Waals surface area (Å²) in [5.74, 6) is 0. The van der Waals surface area contributed by atoms with E-state index in [1.807, 2.05) is 6.20 Å². The van der Waals surface area contributed by atoms with E-state index in [4.69, 9.17) is 4.74 Å². The molecule has 1 heterocycles. The van der Waals surface area contributed by atoms with Crippen LogP contribution in [0.25, 0.3) is 0 Å². The lowest BCUT2D eigenvalue weighted by molar-refractivity contribution is 0.0399. The van der Waals surface area contributed by atoms with Gasteiger partial charge in [0.25, 0.3) is 0 Å². The Morgan fingerprint density at radius 3 is 2.53 bits per heavy atom. The zero-order valence-electron chi connectivity index (χ0n) is 11.4. The Balaban J connectivity index is 2.31. The molecule has 1 aromatic rings. The average molecular weight is 237 g/mol. The van der Waals surface area contributed by atoms with Crippen LogP contribution in [-0.4, -0.2) is 11.6 Å². The molecule has 1 N–H and O–H groups in total. The largest absolute Gasteiger partial charge is 0.372 e. The Kier molecular flexibility index (Phi) is 7.81. The maximum absolute atomic E-state index is 6.00. The van der Waals surface area contributed by atoms with Crippen LogP contribution >= 0.6 is 0 Å². The molecule has 1 unspecified atom stereocenters. The second-order valence-electron chi connectivity index (χ2n) is 4.69. The monoisotopic (exact) mass is 237 g/mol. The molecule has 0 fully saturated rings. The van der Waals surface area contributed by atoms with Gasteiger partial charge in [0.05, 0.1) is 6.10 Å². The van der Waals surface area contributed by atoms with E-state index in [1.54, 1.807) is 0 Å². The minimum absolute atomic E-state index is 0.272. The summed E-state index contributed by atoms with van der Waals surface area (Å²) in [5, 5.41) is 0. The first kappa shape index (κ1) is 14.3. The molecule has 2 heteroatoms. The Hall–Kier alpha value is -0.760. The second kappa shape index (κ2) is 9.29. The van der Waals surface area contributed by atoms with Crippen molar-refractivity contribution in [2.75, 3.05) is 6.61 Å². The van der Waals surface area contributed by atoms with Crippen LogP contribution in [0, 0.1) is 0 Å². The summed E-state index contributed by atoms with van der Waals surface area (Å²) in [4.78, 5) is 3.28. The minimum atomic E-state index is 0.272. The van der Waals surface area contributed by atoms with Gasteiger partial charge in [-0.3, -0.25) is 0 Å². The van der Waals surface area contributed by atoms with Crippen LogP contribution in [0.3, 0.4) is 0 Å². The van der Waals surface area contributed by atoms with Gasteiger partial charge in [0.1, 0.15) is 0 Å². The van der Waals surface area contributed by atoms with E-state index in [0.717, 1.165) is 13.0 Å². The normalized spacial score (nSPS) is 12.8. The van der Waals surface area contributed by atoms with Crippen molar-refractivity contribution < 1.29 is 4.74 Å². The SMILES string of the molecule is CCCCCOC(CCCCC)c1ccc[nH]1. The van der Waals surface area contributed by atoms with E-state index in [1.165, 1.54) is 44.2 Å². The van der Waals surface area contributed by atoms with E-state index < -0.39 is 0 Å². The molecule has 98 valence electrons. The Labute approximate surface area is 106 Å². The molecule has 0 aliphatic rings. The number of hydrogen-bond donors (Lipinski definition) is 1. The first-order chi connectivity index (χ1) is 8.38. The number of nitrogens with one attached hydrogen (secondary N) is 1. The van der Waals surface area contributed by atoms with Crippen molar-refractivity contribution in [1.29, 1.82) is 0 Å². The number of ether oxygens (including phenoxy) is 1. The molecule has 0 radical (unpaired) electrons. The van der Waals surface area contributed by atoms with Crippen LogP contribution in [0.2, 0.25) is 0 Å². The number of H-pyrrole nitrogens is 1. The molecule has 1 aromatic heterocycles. The van der Waals surface area contributed by atoms with E-state index in [2.05, 4.69) is 31.0 Å². The van der Waals surface area contributed by atoms with Crippen LogP contribution in [0.5, 0.6) is 0 Å². The molecule has 1 rings (SSSR count). The summed E-state index contributed by atoms with van der Waals surface area (Å²) in [6.07, 6.45) is 10.9. The predicted molar refractivity (Wildman–Crippen MR) is 73.2 cm³/mol. The fourth-order valence-corrected chi connectivity index (χ4v) is 2.03. The molecule has 0 spiro atoms. The van der Waals surface area contributed by atoms with Gasteiger partial charge in [-0.25, -0.2) is 0 Å². The topological polar surface area (TPSA) is 25.0 Å². The molecule has 0 bridgehead atoms. The molecule has 0 saturated carbocycles. The summed E-state index contributed by atoms with van der Waals surface area (Å²) in [6, 6.07) is 4.19. The van der Waals surface area contributed by atoms with E-state index in [-0.39, 0.29) is 6.10 Å². The number of aromatic amines is 1. The first-order valence-electron chi connectivity index (χ1n) is 7.13. The minimum Gasteiger partial charge on any atom is -0.372 e. The van der Waals surface area contributed by atoms with Crippen molar-refractivity contribution in [2.24, 2.45) is 0 Å². The molecule has 0 amide bonds. The Bertz CT molecular complexity index is 256. The van der Waals surface area contributed by atoms with Crippen molar-refractivity contribution >= 4 is 0 Å². The molecule has 2 nitrogen and oxygen atoms in total. The van der Waals surface area contributed by atoms with Crippen molar-refractivity contribution in [2.45, 2.75) is 64.9 Å². The lowest BCUT2D eigenvalue weighted by atomic mass is 10.1. The number of unbranched alkanes of at least 4 members (excludes halogenated alkanes) is 4. The van der Waals surface area contributed by atoms with Gasteiger partial charge in [-0.05, 0) is 25.0 Å². The van der Waals surface area contributed by atoms with Crippen molar-refractivity contribution in [3.05, 3.63) is 24.0 Å². The molecular weight excluding hydrogens is 210 g/mol. The number of rotatable bonds is 10. The summed E-state index contributed by atoms with van der Waals surface area (Å²) < 4.78 is 6.00. The van der Waals surface area contributed by atoms with Gasteiger partial charge in [-0.2, -0.15) is 0 Å². The van der Waals surface area contributed by atoms with Gasteiger partial charge in [0.15, 0.2) is 0 Å². The van der Waals surface area contributed by atoms with E-state index in [0.29, 0.717) is 0 Å². The molecule has 17 heavy (non-hydrogen) atoms. The predicted octanol–water partition coefficient (Wildman–Crippen LogP) is 4.84. The first-order valence-corrected chi connectivity index (χ1v) is 7.13. The third-order valence-corrected chi connectivity index (χ3v) is 3.11. The fourth-order valence-electron chi connectivity index (χ4n) is 2.03. The molecule has 1 atom stereocenters. The van der Waals surface area contributed by atoms with Crippen LogP contribution in [-0.2, 0) is 4.74 Å². The van der Waals surface area contributed by atoms with E-state index >= 15 is 0 Å². The molecular formula is C15H27NO. The number of hydrogen-bond acceptors (Lipinski definition) is 1. The van der Waals surface area contributed by atoms with Gasteiger partial charge in [-0.1, -0.05) is 46.0 Å². The highest BCUT2D eigenvalue weighted by Crippen LogP contribution is 2.22. The van der Waals surface area contributed by atoms with Gasteiger partial charge in [-0.15, -0.1) is 0 Å². The summed E-state index contributed by atoms with van der Waals surface area (Å²) in [6.45, 7) is 5.36. The highest BCUT2D eigenvalue weighted by atomic mass is 16.5. The average Bonchev–Trinajstić information content (AvgIpc) is 2.86. The third-order valence-electron chi connectivity index (χ3n) is 3.11. The summed E-state index contributed by atoms with van der Waals surface area (Å²) in [5.41, 5.74) is 1.23. The lowest BCUT2D eigenvalue weighted by Crippen LogP contribution is -2.06. The van der Waals surface area contributed by atoms with Crippen LogP contribution in [0.15, 0.2) is 18.3 Å². The molecule has 0 saturated heterocycles. The Morgan fingerprint density at radius 1 is 1.12 bits per heavy atom. The van der Waals surface area contributed by atoms with Gasteiger partial charge in [0.2, 0.25) is 0 Å². The van der Waals surface area contributed by atoms with E-state index in [9.17, 15) is 0 Å². The van der Waals surface area contributed by atoms with Gasteiger partial charge >= 0.3 is 0 Å². The molecule has 0 aromatic carbocycles. The zero-order chi connectivity index (χ0) is 12.3. The number of aromatic nitrogens is 1. The molecule has 0 aliphatic carbocycles. The van der Waals surface area contributed by atoms with Crippen LogP contribution in [0.1, 0.15) is 70.6 Å². The second-order valence-corrected chi connectivity index (χ2v) is 4.69. The lowest BCUT2D eigenvalue weighted by Gasteiger charge is -2.16. The smallest absolute Gasteiger partial charge is 0.0972 e. The van der Waals surface area contributed by atoms with Crippen molar-refractivity contribution in [3.63, 3.8) is 0 Å². The third kappa shape index (κ3) is 5.92. The van der Waals surface area contributed by atoms with Crippen molar-refractivity contribution in [3.8, 4) is 0 Å². The zero-order valence-corrected chi connectivity index (χ0v) is 11.4. The summed E-state index contributed by atoms with van der Waals surface area (Å²) >= 11 is 0. The van der Waals surface area contributed by atoms with Gasteiger partial charge < -0.3 is 9.72 Å². The van der Waals surface area contributed by atoms with Crippen molar-refractivity contribution in [1.82, 2.24) is 4.98 Å².